The molecule has 1 heterocycles. The Morgan fingerprint density at radius 2 is 1.40 bits per heavy atom. The average Bonchev–Trinajstić information content (AvgIpc) is 2.87. The molecular formula is C29H36N2O3Si. The molecule has 0 spiro atoms. The molecule has 5 nitrogen and oxygen atoms in total. The molecule has 2 N–H and O–H groups in total. The zero-order valence-electron chi connectivity index (χ0n) is 21.2. The summed E-state index contributed by atoms with van der Waals surface area (Å²) < 4.78 is 12.4. The molecule has 0 saturated carbocycles. The van der Waals surface area contributed by atoms with Gasteiger partial charge in [-0.2, -0.15) is 0 Å². The maximum atomic E-state index is 12.9. The maximum Gasteiger partial charge on any atom is 0.246 e. The van der Waals surface area contributed by atoms with Crippen molar-refractivity contribution in [2.24, 2.45) is 17.1 Å². The minimum absolute atomic E-state index is 0.0206. The van der Waals surface area contributed by atoms with Gasteiger partial charge >= 0.3 is 0 Å². The Morgan fingerprint density at radius 3 is 1.86 bits per heavy atom. The van der Waals surface area contributed by atoms with E-state index in [0.717, 1.165) is 11.4 Å². The van der Waals surface area contributed by atoms with Crippen molar-refractivity contribution in [3.8, 4) is 5.75 Å². The van der Waals surface area contributed by atoms with Crippen LogP contribution in [0.15, 0.2) is 84.9 Å². The van der Waals surface area contributed by atoms with Gasteiger partial charge < -0.3 is 19.8 Å². The maximum absolute atomic E-state index is 12.9. The number of ether oxygens (including phenoxy) is 1. The lowest BCUT2D eigenvalue weighted by Crippen LogP contribution is -2.73. The molecule has 1 aliphatic heterocycles. The molecule has 35 heavy (non-hydrogen) atoms. The monoisotopic (exact) mass is 488 g/mol. The third-order valence-electron chi connectivity index (χ3n) is 6.90. The van der Waals surface area contributed by atoms with Crippen LogP contribution in [-0.4, -0.2) is 40.2 Å². The van der Waals surface area contributed by atoms with Gasteiger partial charge in [0.1, 0.15) is 11.8 Å². The number of carbonyl (C=O) groups is 1. The number of nitrogens with zero attached hydrogens (tertiary/aromatic N) is 1. The highest BCUT2D eigenvalue weighted by Crippen LogP contribution is 2.39. The predicted octanol–water partition coefficient (Wildman–Crippen LogP) is 3.34. The van der Waals surface area contributed by atoms with Gasteiger partial charge in [0, 0.05) is 11.6 Å². The number of methoxy groups -OCH3 is 1. The summed E-state index contributed by atoms with van der Waals surface area (Å²) in [5.41, 5.74) is 7.11. The molecule has 0 aliphatic carbocycles. The van der Waals surface area contributed by atoms with Gasteiger partial charge in [-0.3, -0.25) is 4.79 Å². The Balaban J connectivity index is 1.67. The number of hydrogen-bond donors (Lipinski definition) is 1. The number of amides is 1. The molecule has 3 aromatic carbocycles. The van der Waals surface area contributed by atoms with Crippen molar-refractivity contribution in [3.05, 3.63) is 84.9 Å². The summed E-state index contributed by atoms with van der Waals surface area (Å²) in [5, 5.41) is 2.47. The van der Waals surface area contributed by atoms with E-state index in [1.165, 1.54) is 10.4 Å². The van der Waals surface area contributed by atoms with E-state index < -0.39 is 15.1 Å². The van der Waals surface area contributed by atoms with Crippen LogP contribution in [0.2, 0.25) is 0 Å². The van der Waals surface area contributed by atoms with E-state index in [4.69, 9.17) is 14.9 Å². The highest BCUT2D eigenvalue weighted by molar-refractivity contribution is 6.80. The largest absolute Gasteiger partial charge is 0.497 e. The zero-order valence-corrected chi connectivity index (χ0v) is 22.4. The molecule has 3 aromatic rings. The van der Waals surface area contributed by atoms with E-state index in [2.05, 4.69) is 76.2 Å². The fourth-order valence-corrected chi connectivity index (χ4v) is 7.98. The summed E-state index contributed by atoms with van der Waals surface area (Å²) >= 11 is 0. The van der Waals surface area contributed by atoms with Gasteiger partial charge in [-0.1, -0.05) is 88.4 Å². The van der Waals surface area contributed by atoms with Crippen LogP contribution in [-0.2, 0) is 9.22 Å². The van der Waals surface area contributed by atoms with Crippen LogP contribution in [0.5, 0.6) is 5.75 Å². The average molecular weight is 489 g/mol. The Labute approximate surface area is 210 Å². The highest BCUT2D eigenvalue weighted by atomic mass is 28.3. The summed E-state index contributed by atoms with van der Waals surface area (Å²) in [4.78, 5) is 14.7. The normalized spacial score (nSPS) is 19.9. The molecule has 0 radical (unpaired) electrons. The number of hydrogen-bond acceptors (Lipinski definition) is 4. The van der Waals surface area contributed by atoms with Crippen LogP contribution >= 0.6 is 0 Å². The molecule has 0 aromatic heterocycles. The molecule has 1 amide bonds. The zero-order chi connectivity index (χ0) is 25.2. The standard InChI is InChI=1S/C29H36N2O3Si/c1-20(26-25(30)28(32)31(26)21-16-18-22(33-5)19-17-21)27(29(2,3)4)34-35(23-12-8-6-9-13-23)24-14-10-7-11-15-24/h6-20,25-27,35H,30H2,1-5H3/t20-,25+,26-,27?/m1/s1. The molecule has 6 heteroatoms. The lowest BCUT2D eigenvalue weighted by atomic mass is 9.74. The van der Waals surface area contributed by atoms with Gasteiger partial charge in [-0.05, 0) is 40.1 Å². The Kier molecular flexibility index (Phi) is 7.45. The summed E-state index contributed by atoms with van der Waals surface area (Å²) in [7, 11) is -0.360. The van der Waals surface area contributed by atoms with E-state index in [9.17, 15) is 4.79 Å². The Bertz CT molecular complexity index is 1080. The number of benzene rings is 3. The van der Waals surface area contributed by atoms with Crippen molar-refractivity contribution in [3.63, 3.8) is 0 Å². The van der Waals surface area contributed by atoms with Crippen LogP contribution in [0, 0.1) is 11.3 Å². The lowest BCUT2D eigenvalue weighted by Gasteiger charge is -2.52. The number of β-lactam (4-membered cyclic amide) rings is 1. The van der Waals surface area contributed by atoms with Gasteiger partial charge in [0.2, 0.25) is 14.9 Å². The fraction of sp³-hybridized carbons (Fsp3) is 0.345. The first-order valence-corrected chi connectivity index (χ1v) is 13.8. The van der Waals surface area contributed by atoms with Crippen molar-refractivity contribution in [2.45, 2.75) is 45.9 Å². The second kappa shape index (κ2) is 10.4. The smallest absolute Gasteiger partial charge is 0.246 e. The van der Waals surface area contributed by atoms with Gasteiger partial charge in [0.05, 0.1) is 19.3 Å². The van der Waals surface area contributed by atoms with Gasteiger partial charge in [-0.15, -0.1) is 0 Å². The number of anilines is 1. The molecular weight excluding hydrogens is 452 g/mol. The van der Waals surface area contributed by atoms with E-state index in [0.29, 0.717) is 0 Å². The fourth-order valence-electron chi connectivity index (χ4n) is 5.18. The van der Waals surface area contributed by atoms with E-state index >= 15 is 0 Å². The molecule has 1 saturated heterocycles. The lowest BCUT2D eigenvalue weighted by molar-refractivity contribution is -0.128. The topological polar surface area (TPSA) is 64.8 Å². The minimum Gasteiger partial charge on any atom is -0.497 e. The molecule has 184 valence electrons. The SMILES string of the molecule is COc1ccc(N2C(=O)[C@@H](N)[C@H]2[C@@H](C)C(O[SiH](c2ccccc2)c2ccccc2)C(C)(C)C)cc1. The van der Waals surface area contributed by atoms with Crippen LogP contribution in [0.3, 0.4) is 0 Å². The molecule has 1 unspecified atom stereocenters. The molecule has 0 bridgehead atoms. The van der Waals surface area contributed by atoms with Crippen LogP contribution in [0.25, 0.3) is 0 Å². The summed E-state index contributed by atoms with van der Waals surface area (Å²) in [6.45, 7) is 8.79. The Morgan fingerprint density at radius 1 is 0.886 bits per heavy atom. The van der Waals surface area contributed by atoms with Crippen LogP contribution in [0.4, 0.5) is 5.69 Å². The van der Waals surface area contributed by atoms with Crippen molar-refractivity contribution in [2.75, 3.05) is 12.0 Å². The van der Waals surface area contributed by atoms with E-state index in [1.54, 1.807) is 7.11 Å². The third-order valence-corrected chi connectivity index (χ3v) is 9.44. The van der Waals surface area contributed by atoms with E-state index in [-0.39, 0.29) is 29.4 Å². The van der Waals surface area contributed by atoms with Crippen molar-refractivity contribution in [1.82, 2.24) is 0 Å². The highest BCUT2D eigenvalue weighted by Gasteiger charge is 2.52. The van der Waals surface area contributed by atoms with Crippen molar-refractivity contribution >= 4 is 31.0 Å². The van der Waals surface area contributed by atoms with Gasteiger partial charge in [-0.25, -0.2) is 0 Å². The van der Waals surface area contributed by atoms with Crippen molar-refractivity contribution in [1.29, 1.82) is 0 Å². The van der Waals surface area contributed by atoms with Gasteiger partial charge in [0.25, 0.3) is 0 Å². The summed E-state index contributed by atoms with van der Waals surface area (Å²) in [5.74, 6) is 0.720. The first-order valence-electron chi connectivity index (χ1n) is 12.2. The quantitative estimate of drug-likeness (QED) is 0.390. The first-order chi connectivity index (χ1) is 16.7. The second-order valence-electron chi connectivity index (χ2n) is 10.4. The third kappa shape index (κ3) is 5.20. The summed E-state index contributed by atoms with van der Waals surface area (Å²) in [6.07, 6.45) is -0.107. The first kappa shape index (κ1) is 25.2. The van der Waals surface area contributed by atoms with Crippen LogP contribution in [0.1, 0.15) is 27.7 Å². The van der Waals surface area contributed by atoms with Gasteiger partial charge in [0.15, 0.2) is 0 Å². The predicted molar refractivity (Wildman–Crippen MR) is 145 cm³/mol. The summed E-state index contributed by atoms with van der Waals surface area (Å²) in [6, 6.07) is 27.9. The molecule has 4 atom stereocenters. The number of carbonyl (C=O) groups excluding carboxylic acids is 1. The van der Waals surface area contributed by atoms with E-state index in [1.807, 2.05) is 41.3 Å². The molecule has 4 rings (SSSR count). The van der Waals surface area contributed by atoms with Crippen LogP contribution < -0.4 is 25.7 Å². The number of nitrogens with two attached hydrogens (primary N) is 1. The van der Waals surface area contributed by atoms with Crippen molar-refractivity contribution < 1.29 is 14.0 Å². The number of rotatable bonds is 8. The molecule has 1 aliphatic rings. The second-order valence-corrected chi connectivity index (χ2v) is 12.8. The Hall–Kier alpha value is -2.93. The minimum atomic E-state index is -1.99. The molecule has 1 fully saturated rings.